The number of benzene rings is 1. The number of thioether (sulfide) groups is 1. The molecule has 4 aromatic rings. The first kappa shape index (κ1) is 18.0. The molecule has 146 valence electrons. The van der Waals surface area contributed by atoms with Gasteiger partial charge in [0.1, 0.15) is 0 Å². The van der Waals surface area contributed by atoms with E-state index >= 15 is 0 Å². The Morgan fingerprint density at radius 2 is 1.90 bits per heavy atom. The second kappa shape index (κ2) is 7.40. The van der Waals surface area contributed by atoms with Crippen LogP contribution in [-0.2, 0) is 0 Å². The first-order valence-electron chi connectivity index (χ1n) is 9.58. The van der Waals surface area contributed by atoms with Crippen molar-refractivity contribution >= 4 is 11.8 Å². The summed E-state index contributed by atoms with van der Waals surface area (Å²) in [6, 6.07) is 12.4. The quantitative estimate of drug-likeness (QED) is 0.452. The van der Waals surface area contributed by atoms with Crippen LogP contribution in [0.3, 0.4) is 0 Å². The summed E-state index contributed by atoms with van der Waals surface area (Å²) in [6.45, 7) is 4.12. The van der Waals surface area contributed by atoms with E-state index in [0.717, 1.165) is 40.6 Å². The van der Waals surface area contributed by atoms with Crippen LogP contribution >= 0.6 is 11.8 Å². The molecule has 1 unspecified atom stereocenters. The molecule has 0 radical (unpaired) electrons. The third-order valence-corrected chi connectivity index (χ3v) is 5.88. The number of aryl methyl sites for hydroxylation is 1. The fourth-order valence-corrected chi connectivity index (χ4v) is 4.13. The van der Waals surface area contributed by atoms with Crippen LogP contribution in [0.1, 0.15) is 42.4 Å². The number of aromatic nitrogens is 8. The first-order valence-corrected chi connectivity index (χ1v) is 10.5. The molecule has 3 aromatic heterocycles. The number of rotatable bonds is 6. The average molecular weight is 405 g/mol. The van der Waals surface area contributed by atoms with Crippen molar-refractivity contribution in [2.45, 2.75) is 43.1 Å². The Balaban J connectivity index is 1.40. The minimum Gasteiger partial charge on any atom is -0.299 e. The summed E-state index contributed by atoms with van der Waals surface area (Å²) in [4.78, 5) is 5.68. The maximum absolute atomic E-state index is 4.58. The van der Waals surface area contributed by atoms with Gasteiger partial charge in [0.2, 0.25) is 0 Å². The van der Waals surface area contributed by atoms with Gasteiger partial charge in [0.25, 0.3) is 0 Å². The standard InChI is InChI=1S/C20H20N8S/c1-13-4-3-5-17(12-13)28-25-18(22-26-28)14(2)29-20-24-23-19(27(20)16-6-7-16)15-8-10-21-11-9-15/h3-5,8-12,14,16H,6-7H2,1-2H3. The van der Waals surface area contributed by atoms with Crippen LogP contribution in [0.25, 0.3) is 17.1 Å². The van der Waals surface area contributed by atoms with E-state index in [1.54, 1.807) is 29.0 Å². The normalized spacial score (nSPS) is 14.8. The number of pyridine rings is 1. The minimum atomic E-state index is 0.000509. The molecule has 9 heteroatoms. The monoisotopic (exact) mass is 404 g/mol. The second-order valence-corrected chi connectivity index (χ2v) is 8.49. The average Bonchev–Trinajstić information content (AvgIpc) is 3.29. The molecule has 1 aliphatic carbocycles. The van der Waals surface area contributed by atoms with E-state index in [1.807, 2.05) is 43.3 Å². The van der Waals surface area contributed by atoms with E-state index in [4.69, 9.17) is 0 Å². The van der Waals surface area contributed by atoms with Crippen molar-refractivity contribution in [3.63, 3.8) is 0 Å². The third-order valence-electron chi connectivity index (χ3n) is 4.82. The van der Waals surface area contributed by atoms with Crippen molar-refractivity contribution in [3.05, 3.63) is 60.2 Å². The van der Waals surface area contributed by atoms with Crippen LogP contribution in [0, 0.1) is 6.92 Å². The highest BCUT2D eigenvalue weighted by Crippen LogP contribution is 2.43. The highest BCUT2D eigenvalue weighted by Gasteiger charge is 2.31. The van der Waals surface area contributed by atoms with Crippen molar-refractivity contribution in [1.29, 1.82) is 0 Å². The van der Waals surface area contributed by atoms with Gasteiger partial charge < -0.3 is 0 Å². The molecule has 0 amide bonds. The van der Waals surface area contributed by atoms with Gasteiger partial charge in [-0.3, -0.25) is 9.55 Å². The smallest absolute Gasteiger partial charge is 0.192 e. The SMILES string of the molecule is Cc1cccc(-n2nnc(C(C)Sc3nnc(-c4ccncc4)n3C3CC3)n2)c1. The number of nitrogens with zero attached hydrogens (tertiary/aromatic N) is 8. The topological polar surface area (TPSA) is 87.2 Å². The Morgan fingerprint density at radius 3 is 2.66 bits per heavy atom. The van der Waals surface area contributed by atoms with Crippen LogP contribution in [-0.4, -0.2) is 40.0 Å². The van der Waals surface area contributed by atoms with Gasteiger partial charge >= 0.3 is 0 Å². The summed E-state index contributed by atoms with van der Waals surface area (Å²) >= 11 is 1.61. The van der Waals surface area contributed by atoms with Crippen molar-refractivity contribution in [1.82, 2.24) is 40.0 Å². The van der Waals surface area contributed by atoms with E-state index in [0.29, 0.717) is 11.9 Å². The van der Waals surface area contributed by atoms with Crippen LogP contribution in [0.4, 0.5) is 0 Å². The molecule has 1 saturated carbocycles. The molecule has 1 aliphatic rings. The van der Waals surface area contributed by atoms with Crippen molar-refractivity contribution < 1.29 is 0 Å². The number of hydrogen-bond donors (Lipinski definition) is 0. The summed E-state index contributed by atoms with van der Waals surface area (Å²) < 4.78 is 2.24. The lowest BCUT2D eigenvalue weighted by Crippen LogP contribution is -2.02. The molecule has 29 heavy (non-hydrogen) atoms. The Hall–Kier alpha value is -3.07. The molecule has 3 heterocycles. The largest absolute Gasteiger partial charge is 0.299 e. The van der Waals surface area contributed by atoms with Gasteiger partial charge in [0.15, 0.2) is 16.8 Å². The molecular weight excluding hydrogens is 384 g/mol. The van der Waals surface area contributed by atoms with E-state index < -0.39 is 0 Å². The highest BCUT2D eigenvalue weighted by molar-refractivity contribution is 7.99. The lowest BCUT2D eigenvalue weighted by molar-refractivity contribution is 0.667. The maximum atomic E-state index is 4.58. The van der Waals surface area contributed by atoms with Crippen molar-refractivity contribution in [2.24, 2.45) is 0 Å². The van der Waals surface area contributed by atoms with E-state index in [9.17, 15) is 0 Å². The van der Waals surface area contributed by atoms with Gasteiger partial charge in [-0.2, -0.15) is 0 Å². The fraction of sp³-hybridized carbons (Fsp3) is 0.300. The van der Waals surface area contributed by atoms with E-state index in [2.05, 4.69) is 42.1 Å². The maximum Gasteiger partial charge on any atom is 0.192 e. The van der Waals surface area contributed by atoms with Gasteiger partial charge in [-0.25, -0.2) is 0 Å². The Kier molecular flexibility index (Phi) is 4.59. The minimum absolute atomic E-state index is 0.000509. The summed E-state index contributed by atoms with van der Waals surface area (Å²) in [7, 11) is 0. The van der Waals surface area contributed by atoms with Gasteiger partial charge in [0.05, 0.1) is 10.9 Å². The number of hydrogen-bond acceptors (Lipinski definition) is 7. The molecule has 0 bridgehead atoms. The summed E-state index contributed by atoms with van der Waals surface area (Å²) in [5.74, 6) is 1.56. The summed E-state index contributed by atoms with van der Waals surface area (Å²) in [5.41, 5.74) is 3.09. The first-order chi connectivity index (χ1) is 14.2. The molecule has 1 aromatic carbocycles. The Labute approximate surface area is 172 Å². The molecule has 5 rings (SSSR count). The lowest BCUT2D eigenvalue weighted by atomic mass is 10.2. The summed E-state index contributed by atoms with van der Waals surface area (Å²) in [6.07, 6.45) is 5.87. The van der Waals surface area contributed by atoms with Crippen LogP contribution < -0.4 is 0 Å². The second-order valence-electron chi connectivity index (χ2n) is 7.18. The zero-order chi connectivity index (χ0) is 19.8. The predicted octanol–water partition coefficient (Wildman–Crippen LogP) is 3.81. The number of tetrazole rings is 1. The molecule has 0 saturated heterocycles. The zero-order valence-electron chi connectivity index (χ0n) is 16.2. The van der Waals surface area contributed by atoms with Gasteiger partial charge in [-0.05, 0) is 61.7 Å². The van der Waals surface area contributed by atoms with Crippen molar-refractivity contribution in [2.75, 3.05) is 0 Å². The Morgan fingerprint density at radius 1 is 1.07 bits per heavy atom. The fourth-order valence-electron chi connectivity index (χ4n) is 3.18. The molecule has 1 atom stereocenters. The van der Waals surface area contributed by atoms with Gasteiger partial charge in [-0.1, -0.05) is 23.9 Å². The summed E-state index contributed by atoms with van der Waals surface area (Å²) in [5, 5.41) is 22.9. The van der Waals surface area contributed by atoms with E-state index in [-0.39, 0.29) is 5.25 Å². The molecule has 0 N–H and O–H groups in total. The van der Waals surface area contributed by atoms with Crippen LogP contribution in [0.5, 0.6) is 0 Å². The third kappa shape index (κ3) is 3.65. The molecule has 0 spiro atoms. The van der Waals surface area contributed by atoms with Crippen molar-refractivity contribution in [3.8, 4) is 17.1 Å². The molecule has 0 aliphatic heterocycles. The van der Waals surface area contributed by atoms with Gasteiger partial charge in [-0.15, -0.1) is 25.2 Å². The highest BCUT2D eigenvalue weighted by atomic mass is 32.2. The molecule has 1 fully saturated rings. The van der Waals surface area contributed by atoms with Crippen LogP contribution in [0.15, 0.2) is 53.9 Å². The lowest BCUT2D eigenvalue weighted by Gasteiger charge is -2.10. The Bertz CT molecular complexity index is 1130. The van der Waals surface area contributed by atoms with Gasteiger partial charge in [0, 0.05) is 24.0 Å². The van der Waals surface area contributed by atoms with E-state index in [1.165, 1.54) is 0 Å². The van der Waals surface area contributed by atoms with Crippen LogP contribution in [0.2, 0.25) is 0 Å². The zero-order valence-corrected chi connectivity index (χ0v) is 17.0. The molecular formula is C20H20N8S. The predicted molar refractivity (Wildman–Crippen MR) is 110 cm³/mol. The molecule has 8 nitrogen and oxygen atoms in total.